The zero-order chi connectivity index (χ0) is 18.6. The molecule has 2 rings (SSSR count). The van der Waals surface area contributed by atoms with Crippen LogP contribution in [-0.4, -0.2) is 63.1 Å². The number of likely N-dealkylation sites (tertiary alicyclic amines) is 1. The summed E-state index contributed by atoms with van der Waals surface area (Å²) in [5.41, 5.74) is 1.25. The van der Waals surface area contributed by atoms with Crippen LogP contribution in [0, 0.1) is 0 Å². The Bertz CT molecular complexity index is 529. The molecule has 0 bridgehead atoms. The van der Waals surface area contributed by atoms with Crippen LogP contribution in [-0.2, 0) is 6.54 Å². The van der Waals surface area contributed by atoms with Gasteiger partial charge in [-0.3, -0.25) is 4.99 Å². The maximum atomic E-state index is 5.21. The zero-order valence-electron chi connectivity index (χ0n) is 17.2. The van der Waals surface area contributed by atoms with E-state index in [1.165, 1.54) is 63.7 Å². The van der Waals surface area contributed by atoms with Gasteiger partial charge in [0, 0.05) is 27.2 Å². The molecule has 1 fully saturated rings. The van der Waals surface area contributed by atoms with Crippen LogP contribution in [0.15, 0.2) is 29.3 Å². The van der Waals surface area contributed by atoms with Gasteiger partial charge in [-0.15, -0.1) is 24.0 Å². The number of methoxy groups -OCH3 is 1. The van der Waals surface area contributed by atoms with E-state index in [0.29, 0.717) is 0 Å². The Hall–Kier alpha value is -1.02. The van der Waals surface area contributed by atoms with E-state index in [2.05, 4.69) is 39.3 Å². The van der Waals surface area contributed by atoms with Gasteiger partial charge in [-0.1, -0.05) is 25.0 Å². The Kier molecular flexibility index (Phi) is 12.5. The number of ether oxygens (including phenoxy) is 1. The molecule has 0 atom stereocenters. The third kappa shape index (κ3) is 9.14. The molecule has 0 saturated carbocycles. The molecule has 0 aromatic heterocycles. The van der Waals surface area contributed by atoms with Crippen LogP contribution < -0.4 is 10.1 Å². The van der Waals surface area contributed by atoms with Crippen LogP contribution >= 0.6 is 24.0 Å². The SMILES string of the molecule is CN=C(NCCCCCN1CCCCC1)N(C)Cc1ccc(OC)cc1.I. The molecule has 1 aliphatic rings. The average molecular weight is 488 g/mol. The minimum absolute atomic E-state index is 0. The van der Waals surface area contributed by atoms with Crippen molar-refractivity contribution in [3.8, 4) is 5.75 Å². The number of guanidine groups is 1. The first-order chi connectivity index (χ1) is 12.7. The van der Waals surface area contributed by atoms with Gasteiger partial charge in [0.15, 0.2) is 5.96 Å². The lowest BCUT2D eigenvalue weighted by Crippen LogP contribution is -2.38. The highest BCUT2D eigenvalue weighted by Gasteiger charge is 2.09. The summed E-state index contributed by atoms with van der Waals surface area (Å²) in [7, 11) is 5.62. The predicted molar refractivity (Wildman–Crippen MR) is 125 cm³/mol. The summed E-state index contributed by atoms with van der Waals surface area (Å²) in [6.45, 7) is 5.70. The smallest absolute Gasteiger partial charge is 0.193 e. The molecule has 27 heavy (non-hydrogen) atoms. The molecular formula is C21H37IN4O. The van der Waals surface area contributed by atoms with E-state index < -0.39 is 0 Å². The normalized spacial score (nSPS) is 15.1. The second-order valence-electron chi connectivity index (χ2n) is 7.14. The number of halogens is 1. The zero-order valence-corrected chi connectivity index (χ0v) is 19.6. The summed E-state index contributed by atoms with van der Waals surface area (Å²) in [4.78, 5) is 9.19. The number of hydrogen-bond donors (Lipinski definition) is 1. The van der Waals surface area contributed by atoms with Crippen LogP contribution in [0.2, 0.25) is 0 Å². The second kappa shape index (κ2) is 14.0. The predicted octanol–water partition coefficient (Wildman–Crippen LogP) is 3.98. The molecule has 0 amide bonds. The maximum Gasteiger partial charge on any atom is 0.193 e. The molecule has 1 aromatic rings. The van der Waals surface area contributed by atoms with E-state index in [0.717, 1.165) is 24.8 Å². The molecular weight excluding hydrogens is 451 g/mol. The van der Waals surface area contributed by atoms with E-state index in [9.17, 15) is 0 Å². The van der Waals surface area contributed by atoms with Crippen molar-refractivity contribution in [1.29, 1.82) is 0 Å². The van der Waals surface area contributed by atoms with Crippen molar-refractivity contribution in [2.24, 2.45) is 4.99 Å². The third-order valence-electron chi connectivity index (χ3n) is 5.04. The fourth-order valence-electron chi connectivity index (χ4n) is 3.48. The lowest BCUT2D eigenvalue weighted by atomic mass is 10.1. The summed E-state index contributed by atoms with van der Waals surface area (Å²) >= 11 is 0. The summed E-state index contributed by atoms with van der Waals surface area (Å²) in [6, 6.07) is 8.20. The van der Waals surface area contributed by atoms with Gasteiger partial charge in [0.1, 0.15) is 5.75 Å². The molecule has 0 aliphatic carbocycles. The van der Waals surface area contributed by atoms with Crippen LogP contribution in [0.1, 0.15) is 44.1 Å². The first-order valence-corrected chi connectivity index (χ1v) is 10.00. The van der Waals surface area contributed by atoms with Crippen LogP contribution in [0.4, 0.5) is 0 Å². The van der Waals surface area contributed by atoms with Crippen molar-refractivity contribution in [3.05, 3.63) is 29.8 Å². The summed E-state index contributed by atoms with van der Waals surface area (Å²) in [5.74, 6) is 1.85. The van der Waals surface area contributed by atoms with Crippen molar-refractivity contribution >= 4 is 29.9 Å². The van der Waals surface area contributed by atoms with Gasteiger partial charge in [0.25, 0.3) is 0 Å². The molecule has 1 N–H and O–H groups in total. The Morgan fingerprint density at radius 1 is 1.11 bits per heavy atom. The van der Waals surface area contributed by atoms with Crippen molar-refractivity contribution in [1.82, 2.24) is 15.1 Å². The standard InChI is InChI=1S/C21H36N4O.HI/c1-22-21(24(2)18-19-10-12-20(26-3)13-11-19)23-14-6-4-7-15-25-16-8-5-9-17-25;/h10-13H,4-9,14-18H2,1-3H3,(H,22,23);1H. The van der Waals surface area contributed by atoms with E-state index in [1.54, 1.807) is 7.11 Å². The molecule has 1 saturated heterocycles. The summed E-state index contributed by atoms with van der Waals surface area (Å²) in [6.07, 6.45) is 7.98. The second-order valence-corrected chi connectivity index (χ2v) is 7.14. The molecule has 0 unspecified atom stereocenters. The van der Waals surface area contributed by atoms with Crippen molar-refractivity contribution in [2.45, 2.75) is 45.1 Å². The third-order valence-corrected chi connectivity index (χ3v) is 5.04. The Balaban J connectivity index is 0.00000364. The summed E-state index contributed by atoms with van der Waals surface area (Å²) < 4.78 is 5.21. The number of nitrogens with one attached hydrogen (secondary N) is 1. The van der Waals surface area contributed by atoms with Gasteiger partial charge in [-0.2, -0.15) is 0 Å². The van der Waals surface area contributed by atoms with Gasteiger partial charge in [0.05, 0.1) is 7.11 Å². The molecule has 1 aromatic carbocycles. The van der Waals surface area contributed by atoms with E-state index >= 15 is 0 Å². The topological polar surface area (TPSA) is 40.1 Å². The number of unbranched alkanes of at least 4 members (excludes halogenated alkanes) is 2. The Morgan fingerprint density at radius 3 is 2.44 bits per heavy atom. The maximum absolute atomic E-state index is 5.21. The highest BCUT2D eigenvalue weighted by Crippen LogP contribution is 2.13. The first-order valence-electron chi connectivity index (χ1n) is 10.00. The van der Waals surface area contributed by atoms with Gasteiger partial charge in [0.2, 0.25) is 0 Å². The van der Waals surface area contributed by atoms with Crippen LogP contribution in [0.3, 0.4) is 0 Å². The van der Waals surface area contributed by atoms with Crippen LogP contribution in [0.5, 0.6) is 5.75 Å². The lowest BCUT2D eigenvalue weighted by molar-refractivity contribution is 0.224. The minimum atomic E-state index is 0. The minimum Gasteiger partial charge on any atom is -0.497 e. The van der Waals surface area contributed by atoms with Gasteiger partial charge >= 0.3 is 0 Å². The van der Waals surface area contributed by atoms with Gasteiger partial charge in [-0.05, 0) is 63.0 Å². The number of piperidine rings is 1. The summed E-state index contributed by atoms with van der Waals surface area (Å²) in [5, 5.41) is 3.49. The lowest BCUT2D eigenvalue weighted by Gasteiger charge is -2.26. The van der Waals surface area contributed by atoms with Crippen molar-refractivity contribution in [2.75, 3.05) is 47.4 Å². The van der Waals surface area contributed by atoms with Crippen molar-refractivity contribution in [3.63, 3.8) is 0 Å². The monoisotopic (exact) mass is 488 g/mol. The number of nitrogens with zero attached hydrogens (tertiary/aromatic N) is 3. The number of hydrogen-bond acceptors (Lipinski definition) is 3. The first kappa shape index (κ1) is 24.0. The molecule has 6 heteroatoms. The highest BCUT2D eigenvalue weighted by molar-refractivity contribution is 14.0. The Labute approximate surface area is 182 Å². The van der Waals surface area contributed by atoms with Crippen molar-refractivity contribution < 1.29 is 4.74 Å². The number of rotatable bonds is 9. The molecule has 1 aliphatic heterocycles. The van der Waals surface area contributed by atoms with Gasteiger partial charge < -0.3 is 19.9 Å². The Morgan fingerprint density at radius 2 is 1.81 bits per heavy atom. The highest BCUT2D eigenvalue weighted by atomic mass is 127. The molecule has 0 radical (unpaired) electrons. The van der Waals surface area contributed by atoms with Gasteiger partial charge in [-0.25, -0.2) is 0 Å². The molecule has 0 spiro atoms. The fourth-order valence-corrected chi connectivity index (χ4v) is 3.48. The van der Waals surface area contributed by atoms with Crippen LogP contribution in [0.25, 0.3) is 0 Å². The number of benzene rings is 1. The van der Waals surface area contributed by atoms with E-state index in [1.807, 2.05) is 19.2 Å². The number of aliphatic imine (C=N–C) groups is 1. The quantitative estimate of drug-likeness (QED) is 0.247. The molecule has 1 heterocycles. The van der Waals surface area contributed by atoms with E-state index in [4.69, 9.17) is 4.74 Å². The average Bonchev–Trinajstić information content (AvgIpc) is 2.68. The molecule has 5 nitrogen and oxygen atoms in total. The van der Waals surface area contributed by atoms with E-state index in [-0.39, 0.29) is 24.0 Å². The molecule has 154 valence electrons. The fraction of sp³-hybridized carbons (Fsp3) is 0.667. The largest absolute Gasteiger partial charge is 0.497 e.